The Bertz CT molecular complexity index is 398. The normalized spacial score (nSPS) is 11.3. The van der Waals surface area contributed by atoms with Crippen molar-refractivity contribution in [2.24, 2.45) is 0 Å². The van der Waals surface area contributed by atoms with Gasteiger partial charge in [0.15, 0.2) is 0 Å². The highest BCUT2D eigenvalue weighted by Crippen LogP contribution is 2.31. The van der Waals surface area contributed by atoms with Crippen molar-refractivity contribution in [2.75, 3.05) is 0 Å². The van der Waals surface area contributed by atoms with Crippen LogP contribution in [-0.4, -0.2) is 0 Å². The first-order chi connectivity index (χ1) is 8.36. The lowest BCUT2D eigenvalue weighted by Crippen LogP contribution is -2.06. The molecule has 0 heterocycles. The van der Waals surface area contributed by atoms with E-state index in [4.69, 9.17) is 0 Å². The van der Waals surface area contributed by atoms with Crippen molar-refractivity contribution in [1.82, 2.24) is 0 Å². The van der Waals surface area contributed by atoms with Crippen molar-refractivity contribution >= 4 is 0 Å². The fourth-order valence-electron chi connectivity index (χ4n) is 2.40. The molecule has 0 spiro atoms. The smallest absolute Gasteiger partial charge is 0.115 e. The summed E-state index contributed by atoms with van der Waals surface area (Å²) in [4.78, 5) is 0. The van der Waals surface area contributed by atoms with Gasteiger partial charge in [-0.25, -0.2) is 4.39 Å². The van der Waals surface area contributed by atoms with Crippen LogP contribution in [0.3, 0.4) is 0 Å². The first kappa shape index (κ1) is 14.9. The summed E-state index contributed by atoms with van der Waals surface area (Å²) in [5.41, 5.74) is 5.86. The molecule has 1 rings (SSSR count). The number of halogens is 1. The van der Waals surface area contributed by atoms with Gasteiger partial charge in [0, 0.05) is 0 Å². The van der Waals surface area contributed by atoms with Gasteiger partial charge in [0.05, 0.1) is 0 Å². The third-order valence-electron chi connectivity index (χ3n) is 3.26. The molecule has 0 bridgehead atoms. The van der Waals surface area contributed by atoms with Crippen LogP contribution < -0.4 is 0 Å². The molecule has 18 heavy (non-hydrogen) atoms. The molecule has 0 saturated heterocycles. The van der Waals surface area contributed by atoms with Crippen molar-refractivity contribution < 1.29 is 4.39 Å². The van der Waals surface area contributed by atoms with Crippen molar-refractivity contribution in [3.63, 3.8) is 0 Å². The lowest BCUT2D eigenvalue weighted by molar-refractivity contribution is 0.484. The number of rotatable bonds is 5. The summed E-state index contributed by atoms with van der Waals surface area (Å²) < 4.78 is 13.0. The van der Waals surface area contributed by atoms with E-state index >= 15 is 0 Å². The van der Waals surface area contributed by atoms with Crippen molar-refractivity contribution in [2.45, 2.75) is 59.5 Å². The van der Waals surface area contributed by atoms with Gasteiger partial charge in [-0.3, -0.25) is 0 Å². The molecule has 0 N–H and O–H groups in total. The topological polar surface area (TPSA) is 0 Å². The predicted molar refractivity (Wildman–Crippen MR) is 78.0 cm³/mol. The van der Waals surface area contributed by atoms with Gasteiger partial charge in [0.2, 0.25) is 0 Å². The maximum Gasteiger partial charge on any atom is 0.115 e. The molecule has 1 aromatic rings. The Kier molecular flexibility index (Phi) is 5.13. The fraction of sp³-hybridized carbons (Fsp3) is 0.529. The fourth-order valence-corrected chi connectivity index (χ4v) is 2.40. The minimum Gasteiger partial charge on any atom is -0.246 e. The van der Waals surface area contributed by atoms with E-state index in [0.29, 0.717) is 11.8 Å². The number of alkyl halides is 1. The Balaban J connectivity index is 3.44. The van der Waals surface area contributed by atoms with E-state index in [9.17, 15) is 4.39 Å². The number of hydrogen-bond donors (Lipinski definition) is 0. The molecule has 0 atom stereocenters. The molecule has 0 saturated carbocycles. The SMILES string of the molecule is C=C(C)Cc1c(C(C)C)cc(CF)cc1C(C)C. The summed E-state index contributed by atoms with van der Waals surface area (Å²) in [5.74, 6) is 0.840. The highest BCUT2D eigenvalue weighted by Gasteiger charge is 2.15. The van der Waals surface area contributed by atoms with Crippen LogP contribution >= 0.6 is 0 Å². The molecule has 0 aliphatic rings. The minimum absolute atomic E-state index is 0.382. The van der Waals surface area contributed by atoms with E-state index < -0.39 is 0 Å². The van der Waals surface area contributed by atoms with E-state index in [-0.39, 0.29) is 6.67 Å². The van der Waals surface area contributed by atoms with Crippen LogP contribution in [0.2, 0.25) is 0 Å². The first-order valence-electron chi connectivity index (χ1n) is 6.72. The molecule has 0 amide bonds. The molecule has 0 aliphatic carbocycles. The highest BCUT2D eigenvalue weighted by molar-refractivity contribution is 5.44. The average molecular weight is 248 g/mol. The van der Waals surface area contributed by atoms with Crippen LogP contribution in [0.15, 0.2) is 24.3 Å². The molecule has 0 unspecified atom stereocenters. The Hall–Kier alpha value is -1.11. The molecule has 1 heteroatoms. The van der Waals surface area contributed by atoms with E-state index in [1.165, 1.54) is 16.7 Å². The lowest BCUT2D eigenvalue weighted by atomic mass is 9.84. The second-order valence-electron chi connectivity index (χ2n) is 5.83. The maximum absolute atomic E-state index is 13.0. The molecule has 0 aliphatic heterocycles. The highest BCUT2D eigenvalue weighted by atomic mass is 19.1. The second kappa shape index (κ2) is 6.17. The zero-order chi connectivity index (χ0) is 13.9. The number of hydrogen-bond acceptors (Lipinski definition) is 0. The van der Waals surface area contributed by atoms with Crippen molar-refractivity contribution in [1.29, 1.82) is 0 Å². The number of benzene rings is 1. The third-order valence-corrected chi connectivity index (χ3v) is 3.26. The molecular weight excluding hydrogens is 223 g/mol. The Labute approximate surface area is 111 Å². The standard InChI is InChI=1S/C17H25F/c1-11(2)7-17-15(12(3)4)8-14(10-18)9-16(17)13(5)6/h8-9,12-13H,1,7,10H2,2-6H3. The van der Waals surface area contributed by atoms with E-state index in [2.05, 4.69) is 41.2 Å². The predicted octanol–water partition coefficient (Wildman–Crippen LogP) is 5.52. The molecule has 0 nitrogen and oxygen atoms in total. The lowest BCUT2D eigenvalue weighted by Gasteiger charge is -2.21. The van der Waals surface area contributed by atoms with E-state index in [1.54, 1.807) is 0 Å². The molecule has 100 valence electrons. The van der Waals surface area contributed by atoms with Crippen molar-refractivity contribution in [3.8, 4) is 0 Å². The summed E-state index contributed by atoms with van der Waals surface area (Å²) in [7, 11) is 0. The second-order valence-corrected chi connectivity index (χ2v) is 5.83. The maximum atomic E-state index is 13.0. The third kappa shape index (κ3) is 3.44. The summed E-state index contributed by atoms with van der Waals surface area (Å²) in [6.07, 6.45) is 0.896. The zero-order valence-corrected chi connectivity index (χ0v) is 12.3. The molecule has 0 aromatic heterocycles. The molecular formula is C17H25F. The van der Waals surface area contributed by atoms with Crippen LogP contribution in [0.1, 0.15) is 68.7 Å². The van der Waals surface area contributed by atoms with Gasteiger partial charge in [-0.2, -0.15) is 0 Å². The molecule has 0 fully saturated rings. The van der Waals surface area contributed by atoms with Crippen LogP contribution in [-0.2, 0) is 13.1 Å². The Morgan fingerprint density at radius 3 is 1.83 bits per heavy atom. The average Bonchev–Trinajstić information content (AvgIpc) is 2.27. The van der Waals surface area contributed by atoms with Gasteiger partial charge in [0.1, 0.15) is 6.67 Å². The summed E-state index contributed by atoms with van der Waals surface area (Å²) >= 11 is 0. The van der Waals surface area contributed by atoms with Crippen LogP contribution in [0, 0.1) is 0 Å². The first-order valence-corrected chi connectivity index (χ1v) is 6.72. The van der Waals surface area contributed by atoms with Gasteiger partial charge < -0.3 is 0 Å². The van der Waals surface area contributed by atoms with E-state index in [0.717, 1.165) is 17.6 Å². The van der Waals surface area contributed by atoms with E-state index in [1.807, 2.05) is 12.1 Å². The quantitative estimate of drug-likeness (QED) is 0.602. The molecule has 1 aromatic carbocycles. The van der Waals surface area contributed by atoms with Crippen LogP contribution in [0.5, 0.6) is 0 Å². The van der Waals surface area contributed by atoms with Crippen molar-refractivity contribution in [3.05, 3.63) is 46.5 Å². The molecule has 0 radical (unpaired) electrons. The van der Waals surface area contributed by atoms with Crippen LogP contribution in [0.4, 0.5) is 4.39 Å². The van der Waals surface area contributed by atoms with Gasteiger partial charge in [-0.15, -0.1) is 0 Å². The summed E-state index contributed by atoms with van der Waals surface area (Å²) in [6.45, 7) is 14.4. The largest absolute Gasteiger partial charge is 0.246 e. The Morgan fingerprint density at radius 1 is 1.11 bits per heavy atom. The summed E-state index contributed by atoms with van der Waals surface area (Å²) in [5, 5.41) is 0. The van der Waals surface area contributed by atoms with Gasteiger partial charge in [0.25, 0.3) is 0 Å². The van der Waals surface area contributed by atoms with Gasteiger partial charge in [-0.1, -0.05) is 52.0 Å². The monoisotopic (exact) mass is 248 g/mol. The number of allylic oxidation sites excluding steroid dienone is 1. The van der Waals surface area contributed by atoms with Gasteiger partial charge >= 0.3 is 0 Å². The Morgan fingerprint density at radius 2 is 1.56 bits per heavy atom. The van der Waals surface area contributed by atoms with Crippen LogP contribution in [0.25, 0.3) is 0 Å². The zero-order valence-electron chi connectivity index (χ0n) is 12.3. The summed E-state index contributed by atoms with van der Waals surface area (Å²) in [6, 6.07) is 4.05. The van der Waals surface area contributed by atoms with Gasteiger partial charge in [-0.05, 0) is 47.4 Å². The minimum atomic E-state index is -0.382.